The molecule has 3 rings (SSSR count). The van der Waals surface area contributed by atoms with Crippen LogP contribution in [0.15, 0.2) is 78.9 Å². The summed E-state index contributed by atoms with van der Waals surface area (Å²) >= 11 is 5.89. The van der Waals surface area contributed by atoms with Gasteiger partial charge in [0.15, 0.2) is 0 Å². The quantitative estimate of drug-likeness (QED) is 0.409. The molecule has 0 saturated heterocycles. The van der Waals surface area contributed by atoms with Gasteiger partial charge in [-0.2, -0.15) is 0 Å². The highest BCUT2D eigenvalue weighted by Gasteiger charge is 2.03. The van der Waals surface area contributed by atoms with E-state index in [-0.39, 0.29) is 5.91 Å². The van der Waals surface area contributed by atoms with Crippen LogP contribution in [0.2, 0.25) is 5.02 Å². The van der Waals surface area contributed by atoms with Crippen LogP contribution in [-0.4, -0.2) is 12.5 Å². The molecular formula is C25H24ClNO3. The largest absolute Gasteiger partial charge is 0.493 e. The summed E-state index contributed by atoms with van der Waals surface area (Å²) in [5.74, 6) is 1.28. The van der Waals surface area contributed by atoms with Crippen LogP contribution in [0, 0.1) is 0 Å². The van der Waals surface area contributed by atoms with Gasteiger partial charge in [-0.25, -0.2) is 0 Å². The zero-order chi connectivity index (χ0) is 21.2. The van der Waals surface area contributed by atoms with E-state index in [9.17, 15) is 4.79 Å². The zero-order valence-corrected chi connectivity index (χ0v) is 17.6. The number of benzene rings is 3. The van der Waals surface area contributed by atoms with Gasteiger partial charge in [0.25, 0.3) is 0 Å². The average Bonchev–Trinajstić information content (AvgIpc) is 2.77. The molecule has 3 aromatic carbocycles. The first-order valence-corrected chi connectivity index (χ1v) is 10.2. The van der Waals surface area contributed by atoms with E-state index in [1.165, 1.54) is 6.08 Å². The lowest BCUT2D eigenvalue weighted by Crippen LogP contribution is -2.07. The molecule has 0 atom stereocenters. The van der Waals surface area contributed by atoms with Gasteiger partial charge in [0.1, 0.15) is 18.1 Å². The normalized spacial score (nSPS) is 10.7. The highest BCUT2D eigenvalue weighted by molar-refractivity contribution is 6.30. The molecule has 4 nitrogen and oxygen atoms in total. The van der Waals surface area contributed by atoms with E-state index in [2.05, 4.69) is 12.2 Å². The predicted molar refractivity (Wildman–Crippen MR) is 122 cm³/mol. The molecule has 0 bridgehead atoms. The third kappa shape index (κ3) is 6.68. The average molecular weight is 422 g/mol. The Morgan fingerprint density at radius 2 is 1.70 bits per heavy atom. The van der Waals surface area contributed by atoms with E-state index in [1.807, 2.05) is 60.7 Å². The van der Waals surface area contributed by atoms with Crippen molar-refractivity contribution in [3.63, 3.8) is 0 Å². The maximum atomic E-state index is 12.3. The van der Waals surface area contributed by atoms with Crippen molar-refractivity contribution in [2.75, 3.05) is 11.9 Å². The minimum atomic E-state index is -0.213. The summed E-state index contributed by atoms with van der Waals surface area (Å²) in [6, 6.07) is 22.4. The highest BCUT2D eigenvalue weighted by Crippen LogP contribution is 2.20. The standard InChI is InChI=1S/C25H24ClNO3/c1-2-17-29-24-6-4-3-5-20(24)9-16-25(28)27-22-12-14-23(15-13-22)30-18-19-7-10-21(26)11-8-19/h3-16H,2,17-18H2,1H3,(H,27,28)/b16-9+. The Bertz CT molecular complexity index is 982. The molecule has 0 aliphatic rings. The number of ether oxygens (including phenoxy) is 2. The fourth-order valence-corrected chi connectivity index (χ4v) is 2.82. The highest BCUT2D eigenvalue weighted by atomic mass is 35.5. The van der Waals surface area contributed by atoms with Gasteiger partial charge in [0.2, 0.25) is 5.91 Å². The summed E-state index contributed by atoms with van der Waals surface area (Å²) in [5, 5.41) is 3.54. The number of amides is 1. The summed E-state index contributed by atoms with van der Waals surface area (Å²) in [6.45, 7) is 3.15. The summed E-state index contributed by atoms with van der Waals surface area (Å²) in [7, 11) is 0. The van der Waals surface area contributed by atoms with Crippen LogP contribution in [0.3, 0.4) is 0 Å². The first kappa shape index (κ1) is 21.5. The number of hydrogen-bond acceptors (Lipinski definition) is 3. The molecule has 3 aromatic rings. The Labute approximate surface area is 182 Å². The first-order chi connectivity index (χ1) is 14.6. The Kier molecular flexibility index (Phi) is 7.93. The van der Waals surface area contributed by atoms with Crippen molar-refractivity contribution in [1.29, 1.82) is 0 Å². The predicted octanol–water partition coefficient (Wildman–Crippen LogP) is 6.36. The van der Waals surface area contributed by atoms with Crippen LogP contribution in [0.1, 0.15) is 24.5 Å². The van der Waals surface area contributed by atoms with Gasteiger partial charge in [-0.05, 0) is 60.5 Å². The van der Waals surface area contributed by atoms with Gasteiger partial charge >= 0.3 is 0 Å². The fourth-order valence-electron chi connectivity index (χ4n) is 2.69. The lowest BCUT2D eigenvalue weighted by molar-refractivity contribution is -0.111. The molecule has 1 N–H and O–H groups in total. The van der Waals surface area contributed by atoms with Gasteiger partial charge in [-0.15, -0.1) is 0 Å². The molecule has 0 radical (unpaired) electrons. The first-order valence-electron chi connectivity index (χ1n) is 9.82. The Morgan fingerprint density at radius 3 is 2.43 bits per heavy atom. The number of para-hydroxylation sites is 1. The molecule has 0 aliphatic heterocycles. The van der Waals surface area contributed by atoms with Crippen molar-refractivity contribution in [3.05, 3.63) is 95.0 Å². The van der Waals surface area contributed by atoms with E-state index >= 15 is 0 Å². The Morgan fingerprint density at radius 1 is 0.967 bits per heavy atom. The van der Waals surface area contributed by atoms with Crippen LogP contribution in [0.25, 0.3) is 6.08 Å². The van der Waals surface area contributed by atoms with Crippen LogP contribution < -0.4 is 14.8 Å². The van der Waals surface area contributed by atoms with Crippen LogP contribution >= 0.6 is 11.6 Å². The van der Waals surface area contributed by atoms with Gasteiger partial charge in [-0.1, -0.05) is 48.9 Å². The number of hydrogen-bond donors (Lipinski definition) is 1. The van der Waals surface area contributed by atoms with Crippen molar-refractivity contribution in [2.45, 2.75) is 20.0 Å². The van der Waals surface area contributed by atoms with Crippen molar-refractivity contribution < 1.29 is 14.3 Å². The maximum Gasteiger partial charge on any atom is 0.248 e. The number of nitrogens with one attached hydrogen (secondary N) is 1. The SMILES string of the molecule is CCCOc1ccccc1/C=C/C(=O)Nc1ccc(OCc2ccc(Cl)cc2)cc1. The molecule has 1 amide bonds. The molecule has 0 aliphatic carbocycles. The second-order valence-corrected chi connectivity index (χ2v) is 7.08. The van der Waals surface area contributed by atoms with E-state index < -0.39 is 0 Å². The van der Waals surface area contributed by atoms with Gasteiger partial charge in [-0.3, -0.25) is 4.79 Å². The maximum absolute atomic E-state index is 12.3. The molecule has 5 heteroatoms. The van der Waals surface area contributed by atoms with Crippen molar-refractivity contribution >= 4 is 29.3 Å². The summed E-state index contributed by atoms with van der Waals surface area (Å²) in [4.78, 5) is 12.3. The molecule has 0 aromatic heterocycles. The summed E-state index contributed by atoms with van der Waals surface area (Å²) in [5.41, 5.74) is 2.59. The number of rotatable bonds is 9. The van der Waals surface area contributed by atoms with Crippen molar-refractivity contribution in [1.82, 2.24) is 0 Å². The van der Waals surface area contributed by atoms with Crippen LogP contribution in [0.5, 0.6) is 11.5 Å². The molecule has 0 fully saturated rings. The Balaban J connectivity index is 1.53. The molecule has 0 heterocycles. The van der Waals surface area contributed by atoms with Gasteiger partial charge < -0.3 is 14.8 Å². The monoisotopic (exact) mass is 421 g/mol. The molecular weight excluding hydrogens is 398 g/mol. The van der Waals surface area contributed by atoms with Crippen LogP contribution in [-0.2, 0) is 11.4 Å². The second-order valence-electron chi connectivity index (χ2n) is 6.65. The smallest absolute Gasteiger partial charge is 0.248 e. The third-order valence-electron chi connectivity index (χ3n) is 4.24. The number of halogens is 1. The molecule has 0 saturated carbocycles. The lowest BCUT2D eigenvalue weighted by atomic mass is 10.2. The second kappa shape index (κ2) is 11.1. The van der Waals surface area contributed by atoms with Crippen molar-refractivity contribution in [3.8, 4) is 11.5 Å². The van der Waals surface area contributed by atoms with E-state index in [1.54, 1.807) is 18.2 Å². The van der Waals surface area contributed by atoms with E-state index in [0.29, 0.717) is 23.9 Å². The number of anilines is 1. The van der Waals surface area contributed by atoms with E-state index in [0.717, 1.165) is 29.0 Å². The summed E-state index contributed by atoms with van der Waals surface area (Å²) in [6.07, 6.45) is 4.18. The lowest BCUT2D eigenvalue weighted by Gasteiger charge is -2.08. The van der Waals surface area contributed by atoms with Crippen LogP contribution in [0.4, 0.5) is 5.69 Å². The fraction of sp³-hybridized carbons (Fsp3) is 0.160. The molecule has 0 unspecified atom stereocenters. The topological polar surface area (TPSA) is 47.6 Å². The van der Waals surface area contributed by atoms with Crippen molar-refractivity contribution in [2.24, 2.45) is 0 Å². The summed E-state index contributed by atoms with van der Waals surface area (Å²) < 4.78 is 11.5. The minimum Gasteiger partial charge on any atom is -0.493 e. The molecule has 154 valence electrons. The third-order valence-corrected chi connectivity index (χ3v) is 4.49. The minimum absolute atomic E-state index is 0.213. The van der Waals surface area contributed by atoms with Gasteiger partial charge in [0, 0.05) is 22.3 Å². The Hall–Kier alpha value is -3.24. The van der Waals surface area contributed by atoms with Gasteiger partial charge in [0.05, 0.1) is 6.61 Å². The van der Waals surface area contributed by atoms with E-state index in [4.69, 9.17) is 21.1 Å². The zero-order valence-electron chi connectivity index (χ0n) is 16.8. The number of carbonyl (C=O) groups is 1. The molecule has 0 spiro atoms. The number of carbonyl (C=O) groups excluding carboxylic acids is 1. The molecule has 30 heavy (non-hydrogen) atoms.